The summed E-state index contributed by atoms with van der Waals surface area (Å²) < 4.78 is 0. The van der Waals surface area contributed by atoms with E-state index in [4.69, 9.17) is 4.84 Å². The van der Waals surface area contributed by atoms with Gasteiger partial charge < -0.3 is 9.82 Å². The summed E-state index contributed by atoms with van der Waals surface area (Å²) in [5.74, 6) is -0.493. The fourth-order valence-electron chi connectivity index (χ4n) is 3.51. The normalized spacial score (nSPS) is 11.8. The van der Waals surface area contributed by atoms with Crippen molar-refractivity contribution >= 4 is 51.9 Å². The number of carbonyl (C=O) groups excluding carboxylic acids is 2. The van der Waals surface area contributed by atoms with Crippen molar-refractivity contribution < 1.29 is 14.4 Å². The molecule has 0 aliphatic carbocycles. The Labute approximate surface area is 179 Å². The lowest BCUT2D eigenvalue weighted by Crippen LogP contribution is -2.03. The van der Waals surface area contributed by atoms with Gasteiger partial charge in [-0.05, 0) is 73.5 Å². The highest BCUT2D eigenvalue weighted by atomic mass is 32.1. The van der Waals surface area contributed by atoms with Crippen LogP contribution in [0.15, 0.2) is 64.6 Å². The summed E-state index contributed by atoms with van der Waals surface area (Å²) in [6.45, 7) is 5.00. The maximum atomic E-state index is 13.1. The number of benzene rings is 3. The maximum absolute atomic E-state index is 13.1. The number of ketones is 1. The SMILES string of the molecule is CC(=O)O/N=C(/C)c1ccc2[nH]c3ccc(C(=O)c4ccc(S)cc4C)cc3c2c1. The van der Waals surface area contributed by atoms with Crippen molar-refractivity contribution in [2.24, 2.45) is 5.16 Å². The van der Waals surface area contributed by atoms with Crippen LogP contribution < -0.4 is 0 Å². The predicted octanol–water partition coefficient (Wildman–Crippen LogP) is 5.44. The van der Waals surface area contributed by atoms with E-state index in [1.807, 2.05) is 61.5 Å². The van der Waals surface area contributed by atoms with Gasteiger partial charge in [0, 0.05) is 44.8 Å². The van der Waals surface area contributed by atoms with Crippen LogP contribution in [0, 0.1) is 6.92 Å². The lowest BCUT2D eigenvalue weighted by Gasteiger charge is -2.06. The van der Waals surface area contributed by atoms with Gasteiger partial charge in [-0.2, -0.15) is 0 Å². The van der Waals surface area contributed by atoms with Gasteiger partial charge in [-0.3, -0.25) is 4.79 Å². The monoisotopic (exact) mass is 416 g/mol. The Kier molecular flexibility index (Phi) is 5.18. The lowest BCUT2D eigenvalue weighted by molar-refractivity contribution is -0.140. The molecule has 1 N–H and O–H groups in total. The number of oxime groups is 1. The van der Waals surface area contributed by atoms with E-state index < -0.39 is 5.97 Å². The van der Waals surface area contributed by atoms with E-state index in [1.54, 1.807) is 6.92 Å². The van der Waals surface area contributed by atoms with E-state index in [0.717, 1.165) is 37.8 Å². The van der Waals surface area contributed by atoms with Crippen molar-refractivity contribution in [2.75, 3.05) is 0 Å². The fourth-order valence-corrected chi connectivity index (χ4v) is 3.78. The van der Waals surface area contributed by atoms with E-state index in [0.29, 0.717) is 16.8 Å². The Balaban J connectivity index is 1.80. The van der Waals surface area contributed by atoms with Crippen LogP contribution in [0.25, 0.3) is 21.8 Å². The number of thiol groups is 1. The number of rotatable bonds is 4. The van der Waals surface area contributed by atoms with Crippen LogP contribution in [-0.2, 0) is 9.63 Å². The molecule has 0 spiro atoms. The van der Waals surface area contributed by atoms with E-state index in [9.17, 15) is 9.59 Å². The van der Waals surface area contributed by atoms with Crippen molar-refractivity contribution in [2.45, 2.75) is 25.7 Å². The first-order chi connectivity index (χ1) is 14.3. The molecule has 150 valence electrons. The van der Waals surface area contributed by atoms with Gasteiger partial charge in [0.1, 0.15) is 0 Å². The zero-order valence-electron chi connectivity index (χ0n) is 16.8. The standard InChI is InChI=1S/C24H20N2O3S/c1-13-10-18(30)6-7-19(13)24(28)17-5-9-23-21(12-17)20-11-16(4-8-22(20)25-23)14(2)26-29-15(3)27/h4-12,25,30H,1-3H3/b26-14-. The molecule has 0 bridgehead atoms. The molecule has 0 atom stereocenters. The Hall–Kier alpha value is -3.38. The first-order valence-corrected chi connectivity index (χ1v) is 9.90. The second-order valence-corrected chi connectivity index (χ2v) is 7.75. The van der Waals surface area contributed by atoms with E-state index in [2.05, 4.69) is 22.8 Å². The molecule has 0 fully saturated rings. The summed E-state index contributed by atoms with van der Waals surface area (Å²) in [7, 11) is 0. The maximum Gasteiger partial charge on any atom is 0.331 e. The number of fused-ring (bicyclic) bond motifs is 3. The molecular formula is C24H20N2O3S. The minimum atomic E-state index is -0.466. The molecule has 0 saturated heterocycles. The number of hydrogen-bond donors (Lipinski definition) is 2. The average molecular weight is 417 g/mol. The van der Waals surface area contributed by atoms with Gasteiger partial charge in [0.2, 0.25) is 0 Å². The summed E-state index contributed by atoms with van der Waals surface area (Å²) >= 11 is 4.34. The second-order valence-electron chi connectivity index (χ2n) is 7.23. The van der Waals surface area contributed by atoms with Crippen molar-refractivity contribution in [1.82, 2.24) is 4.98 Å². The molecule has 0 unspecified atom stereocenters. The molecule has 4 rings (SSSR count). The summed E-state index contributed by atoms with van der Waals surface area (Å²) in [5.41, 5.74) is 5.50. The summed E-state index contributed by atoms with van der Waals surface area (Å²) in [4.78, 5) is 33.1. The Morgan fingerprint density at radius 1 is 0.900 bits per heavy atom. The molecule has 0 saturated carbocycles. The molecule has 1 aromatic heterocycles. The molecule has 30 heavy (non-hydrogen) atoms. The number of aromatic amines is 1. The van der Waals surface area contributed by atoms with Crippen LogP contribution in [0.2, 0.25) is 0 Å². The molecular weight excluding hydrogens is 396 g/mol. The average Bonchev–Trinajstić information content (AvgIpc) is 3.08. The highest BCUT2D eigenvalue weighted by Gasteiger charge is 2.14. The fraction of sp³-hybridized carbons (Fsp3) is 0.125. The Morgan fingerprint density at radius 2 is 1.53 bits per heavy atom. The van der Waals surface area contributed by atoms with Gasteiger partial charge in [0.25, 0.3) is 0 Å². The van der Waals surface area contributed by atoms with Crippen LogP contribution in [0.5, 0.6) is 0 Å². The van der Waals surface area contributed by atoms with Crippen molar-refractivity contribution in [3.05, 3.63) is 76.9 Å². The van der Waals surface area contributed by atoms with Gasteiger partial charge in [0.15, 0.2) is 5.78 Å². The third-order valence-corrected chi connectivity index (χ3v) is 5.32. The minimum Gasteiger partial charge on any atom is -0.355 e. The van der Waals surface area contributed by atoms with Gasteiger partial charge in [-0.25, -0.2) is 4.79 Å². The minimum absolute atomic E-state index is 0.0270. The zero-order chi connectivity index (χ0) is 21.4. The molecule has 5 nitrogen and oxygen atoms in total. The highest BCUT2D eigenvalue weighted by Crippen LogP contribution is 2.29. The number of aromatic nitrogens is 1. The number of carbonyl (C=O) groups is 2. The number of hydrogen-bond acceptors (Lipinski definition) is 5. The molecule has 6 heteroatoms. The zero-order valence-corrected chi connectivity index (χ0v) is 17.7. The summed E-state index contributed by atoms with van der Waals surface area (Å²) in [6.07, 6.45) is 0. The van der Waals surface area contributed by atoms with Crippen LogP contribution >= 0.6 is 12.6 Å². The highest BCUT2D eigenvalue weighted by molar-refractivity contribution is 7.80. The lowest BCUT2D eigenvalue weighted by atomic mass is 9.97. The van der Waals surface area contributed by atoms with Crippen LogP contribution in [0.3, 0.4) is 0 Å². The Morgan fingerprint density at radius 3 is 2.17 bits per heavy atom. The molecule has 1 heterocycles. The van der Waals surface area contributed by atoms with Gasteiger partial charge >= 0.3 is 5.97 Å². The van der Waals surface area contributed by atoms with Crippen molar-refractivity contribution in [3.8, 4) is 0 Å². The number of H-pyrrole nitrogens is 1. The van der Waals surface area contributed by atoms with Crippen LogP contribution in [0.4, 0.5) is 0 Å². The third-order valence-electron chi connectivity index (χ3n) is 5.04. The van der Waals surface area contributed by atoms with Crippen LogP contribution in [-0.4, -0.2) is 22.4 Å². The Bertz CT molecular complexity index is 1350. The smallest absolute Gasteiger partial charge is 0.331 e. The molecule has 0 radical (unpaired) electrons. The number of nitrogens with one attached hydrogen (secondary N) is 1. The molecule has 0 amide bonds. The quantitative estimate of drug-likeness (QED) is 0.153. The topological polar surface area (TPSA) is 71.5 Å². The second kappa shape index (κ2) is 7.80. The molecule has 0 aliphatic rings. The van der Waals surface area contributed by atoms with E-state index in [-0.39, 0.29) is 5.78 Å². The van der Waals surface area contributed by atoms with E-state index >= 15 is 0 Å². The largest absolute Gasteiger partial charge is 0.355 e. The van der Waals surface area contributed by atoms with Crippen molar-refractivity contribution in [3.63, 3.8) is 0 Å². The van der Waals surface area contributed by atoms with Gasteiger partial charge in [-0.1, -0.05) is 11.2 Å². The predicted molar refractivity (Wildman–Crippen MR) is 122 cm³/mol. The number of nitrogens with zero attached hydrogens (tertiary/aromatic N) is 1. The molecule has 4 aromatic rings. The first-order valence-electron chi connectivity index (χ1n) is 9.46. The van der Waals surface area contributed by atoms with Gasteiger partial charge in [0.05, 0.1) is 5.71 Å². The van der Waals surface area contributed by atoms with Crippen molar-refractivity contribution in [1.29, 1.82) is 0 Å². The van der Waals surface area contributed by atoms with Crippen LogP contribution in [0.1, 0.15) is 40.9 Å². The summed E-state index contributed by atoms with van der Waals surface area (Å²) in [5, 5.41) is 5.78. The summed E-state index contributed by atoms with van der Waals surface area (Å²) in [6, 6.07) is 17.0. The van der Waals surface area contributed by atoms with E-state index in [1.165, 1.54) is 6.92 Å². The first kappa shape index (κ1) is 19.9. The van der Waals surface area contributed by atoms with Gasteiger partial charge in [-0.15, -0.1) is 12.6 Å². The molecule has 3 aromatic carbocycles. The number of aryl methyl sites for hydroxylation is 1. The third kappa shape index (κ3) is 3.74. The molecule has 0 aliphatic heterocycles.